The van der Waals surface area contributed by atoms with Gasteiger partial charge in [-0.3, -0.25) is 4.90 Å². The summed E-state index contributed by atoms with van der Waals surface area (Å²) >= 11 is 0. The molecule has 3 saturated heterocycles. The van der Waals surface area contributed by atoms with Crippen molar-refractivity contribution < 1.29 is 27.4 Å². The number of likely N-dealkylation sites (tertiary alicyclic amines) is 1. The number of piperidine rings is 1. The van der Waals surface area contributed by atoms with Gasteiger partial charge >= 0.3 is 12.2 Å². The first-order valence-electron chi connectivity index (χ1n) is 12.2. The molecule has 0 radical (unpaired) electrons. The highest BCUT2D eigenvalue weighted by Gasteiger charge is 2.35. The van der Waals surface area contributed by atoms with Gasteiger partial charge in [0.05, 0.1) is 36.7 Å². The smallest absolute Gasteiger partial charge is 0.378 e. The largest absolute Gasteiger partial charge is 0.418 e. The Morgan fingerprint density at radius 2 is 1.71 bits per heavy atom. The lowest BCUT2D eigenvalue weighted by Gasteiger charge is -2.39. The monoisotopic (exact) mass is 484 g/mol. The average molecular weight is 485 g/mol. The molecule has 0 spiro atoms. The predicted octanol–water partition coefficient (Wildman–Crippen LogP) is 3.90. The number of carbonyl (C=O) groups excluding carboxylic acids is 1. The molecule has 34 heavy (non-hydrogen) atoms. The first-order chi connectivity index (χ1) is 16.2. The van der Waals surface area contributed by atoms with E-state index in [1.165, 1.54) is 6.07 Å². The second-order valence-corrected chi connectivity index (χ2v) is 9.66. The maximum absolute atomic E-state index is 13.8. The van der Waals surface area contributed by atoms with Crippen LogP contribution in [0.15, 0.2) is 18.2 Å². The van der Waals surface area contributed by atoms with Crippen molar-refractivity contribution in [1.82, 2.24) is 9.80 Å². The Hall–Kier alpha value is -2.04. The molecule has 2 amide bonds. The zero-order chi connectivity index (χ0) is 24.3. The van der Waals surface area contributed by atoms with Crippen LogP contribution in [-0.4, -0.2) is 87.1 Å². The van der Waals surface area contributed by atoms with Gasteiger partial charge in [-0.25, -0.2) is 4.79 Å². The number of amides is 2. The molecule has 2 unspecified atom stereocenters. The molecule has 3 aliphatic rings. The molecular formula is C24H35F3N4O3. The van der Waals surface area contributed by atoms with Crippen LogP contribution in [-0.2, 0) is 15.7 Å². The van der Waals surface area contributed by atoms with Crippen molar-refractivity contribution >= 4 is 17.4 Å². The van der Waals surface area contributed by atoms with Crippen molar-refractivity contribution in [3.63, 3.8) is 0 Å². The lowest BCUT2D eigenvalue weighted by atomic mass is 9.96. The summed E-state index contributed by atoms with van der Waals surface area (Å²) in [6.45, 7) is 10.1. The number of urea groups is 1. The molecule has 1 aromatic carbocycles. The van der Waals surface area contributed by atoms with E-state index >= 15 is 0 Å². The fraction of sp³-hybridized carbons (Fsp3) is 0.708. The molecule has 7 nitrogen and oxygen atoms in total. The number of halogens is 3. The van der Waals surface area contributed by atoms with Gasteiger partial charge in [-0.15, -0.1) is 0 Å². The molecule has 4 rings (SSSR count). The fourth-order valence-electron chi connectivity index (χ4n) is 5.21. The van der Waals surface area contributed by atoms with E-state index in [1.54, 1.807) is 11.0 Å². The van der Waals surface area contributed by atoms with E-state index in [-0.39, 0.29) is 17.9 Å². The summed E-state index contributed by atoms with van der Waals surface area (Å²) < 4.78 is 52.5. The Balaban J connectivity index is 1.34. The number of benzene rings is 1. The van der Waals surface area contributed by atoms with Gasteiger partial charge in [0.2, 0.25) is 0 Å². The number of hydrogen-bond acceptors (Lipinski definition) is 5. The lowest BCUT2D eigenvalue weighted by Crippen LogP contribution is -2.49. The number of ether oxygens (including phenoxy) is 2. The standard InChI is InChI=1S/C24H35F3N4O3/c1-17-14-29(15-18(2)34-17)16-19-5-7-31(8-6-19)23(32)28-22-4-3-20(13-21(22)24(25,26)27)30-9-11-33-12-10-30/h3-4,13,17-19H,5-12,14-16H2,1-2H3,(H,28,32). The number of morpholine rings is 2. The SMILES string of the molecule is CC1CN(CC2CCN(C(=O)Nc3ccc(N4CCOCC4)cc3C(F)(F)F)CC2)CC(C)O1. The van der Waals surface area contributed by atoms with Crippen molar-refractivity contribution in [2.24, 2.45) is 5.92 Å². The van der Waals surface area contributed by atoms with Gasteiger partial charge in [0.1, 0.15) is 0 Å². The molecule has 3 aliphatic heterocycles. The van der Waals surface area contributed by atoms with Gasteiger partial charge < -0.3 is 24.6 Å². The molecule has 10 heteroatoms. The lowest BCUT2D eigenvalue weighted by molar-refractivity contribution is -0.136. The van der Waals surface area contributed by atoms with Crippen molar-refractivity contribution in [2.75, 3.05) is 69.2 Å². The van der Waals surface area contributed by atoms with Gasteiger partial charge in [-0.1, -0.05) is 0 Å². The number of hydrogen-bond donors (Lipinski definition) is 1. The van der Waals surface area contributed by atoms with Crippen LogP contribution in [0.1, 0.15) is 32.3 Å². The molecule has 0 bridgehead atoms. The zero-order valence-corrected chi connectivity index (χ0v) is 19.9. The van der Waals surface area contributed by atoms with Crippen LogP contribution in [0.25, 0.3) is 0 Å². The minimum absolute atomic E-state index is 0.201. The minimum atomic E-state index is -4.57. The van der Waals surface area contributed by atoms with E-state index in [9.17, 15) is 18.0 Å². The van der Waals surface area contributed by atoms with E-state index in [1.807, 2.05) is 4.90 Å². The summed E-state index contributed by atoms with van der Waals surface area (Å²) in [6.07, 6.45) is -2.45. The maximum Gasteiger partial charge on any atom is 0.418 e. The normalized spacial score (nSPS) is 25.4. The van der Waals surface area contributed by atoms with Gasteiger partial charge in [0.15, 0.2) is 0 Å². The quantitative estimate of drug-likeness (QED) is 0.703. The fourth-order valence-corrected chi connectivity index (χ4v) is 5.21. The van der Waals surface area contributed by atoms with Crippen LogP contribution in [0, 0.1) is 5.92 Å². The van der Waals surface area contributed by atoms with Crippen LogP contribution in [0.2, 0.25) is 0 Å². The number of nitrogens with one attached hydrogen (secondary N) is 1. The summed E-state index contributed by atoms with van der Waals surface area (Å²) in [5.74, 6) is 0.472. The predicted molar refractivity (Wildman–Crippen MR) is 124 cm³/mol. The Labute approximate surface area is 199 Å². The van der Waals surface area contributed by atoms with E-state index in [4.69, 9.17) is 9.47 Å². The van der Waals surface area contributed by atoms with Crippen LogP contribution in [0.3, 0.4) is 0 Å². The second kappa shape index (κ2) is 10.7. The highest BCUT2D eigenvalue weighted by molar-refractivity contribution is 5.90. The maximum atomic E-state index is 13.8. The Morgan fingerprint density at radius 1 is 1.06 bits per heavy atom. The molecular weight excluding hydrogens is 449 g/mol. The van der Waals surface area contributed by atoms with E-state index in [0.29, 0.717) is 51.0 Å². The van der Waals surface area contributed by atoms with Gasteiger partial charge in [0, 0.05) is 51.5 Å². The summed E-state index contributed by atoms with van der Waals surface area (Å²) in [5, 5.41) is 2.52. The van der Waals surface area contributed by atoms with Crippen molar-refractivity contribution in [1.29, 1.82) is 0 Å². The summed E-state index contributed by atoms with van der Waals surface area (Å²) in [5.41, 5.74) is -0.538. The summed E-state index contributed by atoms with van der Waals surface area (Å²) in [7, 11) is 0. The number of carbonyl (C=O) groups is 1. The zero-order valence-electron chi connectivity index (χ0n) is 19.9. The van der Waals surface area contributed by atoms with Gasteiger partial charge in [-0.05, 0) is 50.8 Å². The first-order valence-corrected chi connectivity index (χ1v) is 12.2. The average Bonchev–Trinajstić information content (AvgIpc) is 2.79. The molecule has 3 heterocycles. The topological polar surface area (TPSA) is 57.3 Å². The van der Waals surface area contributed by atoms with Crippen LogP contribution >= 0.6 is 0 Å². The number of alkyl halides is 3. The van der Waals surface area contributed by atoms with Crippen molar-refractivity contribution in [3.05, 3.63) is 23.8 Å². The van der Waals surface area contributed by atoms with E-state index in [2.05, 4.69) is 24.1 Å². The molecule has 1 N–H and O–H groups in total. The van der Waals surface area contributed by atoms with E-state index in [0.717, 1.165) is 38.5 Å². The molecule has 1 aromatic rings. The molecule has 190 valence electrons. The molecule has 0 aromatic heterocycles. The first kappa shape index (κ1) is 25.1. The third-order valence-corrected chi connectivity index (χ3v) is 6.84. The summed E-state index contributed by atoms with van der Waals surface area (Å²) in [4.78, 5) is 18.7. The van der Waals surface area contributed by atoms with Crippen molar-refractivity contribution in [3.8, 4) is 0 Å². The van der Waals surface area contributed by atoms with Gasteiger partial charge in [0.25, 0.3) is 0 Å². The molecule has 0 aliphatic carbocycles. The summed E-state index contributed by atoms with van der Waals surface area (Å²) in [6, 6.07) is 3.64. The number of nitrogens with zero attached hydrogens (tertiary/aromatic N) is 3. The van der Waals surface area contributed by atoms with Crippen LogP contribution in [0.4, 0.5) is 29.3 Å². The molecule has 2 atom stereocenters. The van der Waals surface area contributed by atoms with Crippen LogP contribution in [0.5, 0.6) is 0 Å². The van der Waals surface area contributed by atoms with Crippen LogP contribution < -0.4 is 10.2 Å². The molecule has 0 saturated carbocycles. The third-order valence-electron chi connectivity index (χ3n) is 6.84. The van der Waals surface area contributed by atoms with Crippen molar-refractivity contribution in [2.45, 2.75) is 45.1 Å². The third kappa shape index (κ3) is 6.34. The highest BCUT2D eigenvalue weighted by Crippen LogP contribution is 2.38. The highest BCUT2D eigenvalue weighted by atomic mass is 19.4. The Morgan fingerprint density at radius 3 is 2.32 bits per heavy atom. The Kier molecular flexibility index (Phi) is 7.89. The second-order valence-electron chi connectivity index (χ2n) is 9.66. The van der Waals surface area contributed by atoms with Gasteiger partial charge in [-0.2, -0.15) is 13.2 Å². The minimum Gasteiger partial charge on any atom is -0.378 e. The molecule has 3 fully saturated rings. The Bertz CT molecular complexity index is 829. The number of anilines is 2. The van der Waals surface area contributed by atoms with E-state index < -0.39 is 17.8 Å². The number of rotatable bonds is 4.